The lowest BCUT2D eigenvalue weighted by Crippen LogP contribution is -2.39. The second kappa shape index (κ2) is 8.57. The van der Waals surface area contributed by atoms with Crippen LogP contribution in [0.1, 0.15) is 20.3 Å². The summed E-state index contributed by atoms with van der Waals surface area (Å²) in [5.74, 6) is 0.730. The van der Waals surface area contributed by atoms with Crippen LogP contribution in [0.15, 0.2) is 0 Å². The minimum absolute atomic E-state index is 0.0405. The van der Waals surface area contributed by atoms with Crippen molar-refractivity contribution in [1.82, 2.24) is 4.90 Å². The van der Waals surface area contributed by atoms with Crippen LogP contribution in [0.5, 0.6) is 0 Å². The molecule has 0 rings (SSSR count). The van der Waals surface area contributed by atoms with Crippen LogP contribution in [0, 0.1) is 11.3 Å². The van der Waals surface area contributed by atoms with Gasteiger partial charge in [0.15, 0.2) is 0 Å². The van der Waals surface area contributed by atoms with Crippen LogP contribution in [-0.2, 0) is 4.79 Å². The van der Waals surface area contributed by atoms with Crippen LogP contribution in [0.2, 0.25) is 0 Å². The zero-order valence-corrected chi connectivity index (χ0v) is 10.1. The van der Waals surface area contributed by atoms with Gasteiger partial charge in [-0.1, -0.05) is 0 Å². The molecule has 0 aliphatic heterocycles. The number of aliphatic hydroxyl groups is 1. The van der Waals surface area contributed by atoms with Gasteiger partial charge in [-0.05, 0) is 20.3 Å². The SMILES string of the molecule is CC(C)N(CCCO)C(=O)CSCC#N. The number of hydrogen-bond acceptors (Lipinski definition) is 4. The van der Waals surface area contributed by atoms with E-state index in [1.807, 2.05) is 19.9 Å². The molecule has 0 aromatic carbocycles. The third-order valence-electron chi connectivity index (χ3n) is 1.89. The third kappa shape index (κ3) is 6.37. The molecule has 1 N–H and O–H groups in total. The maximum absolute atomic E-state index is 11.7. The first-order valence-corrected chi connectivity index (χ1v) is 6.14. The molecule has 0 aliphatic rings. The van der Waals surface area contributed by atoms with Crippen LogP contribution in [0.25, 0.3) is 0 Å². The molecule has 0 atom stereocenters. The molecule has 0 saturated carbocycles. The summed E-state index contributed by atoms with van der Waals surface area (Å²) in [5.41, 5.74) is 0. The van der Waals surface area contributed by atoms with E-state index in [1.165, 1.54) is 11.8 Å². The van der Waals surface area contributed by atoms with Crippen LogP contribution in [0.4, 0.5) is 0 Å². The quantitative estimate of drug-likeness (QED) is 0.659. The van der Waals surface area contributed by atoms with E-state index in [-0.39, 0.29) is 18.6 Å². The Labute approximate surface area is 95.3 Å². The third-order valence-corrected chi connectivity index (χ3v) is 2.68. The van der Waals surface area contributed by atoms with Gasteiger partial charge >= 0.3 is 0 Å². The van der Waals surface area contributed by atoms with Crippen LogP contribution in [-0.4, -0.2) is 46.6 Å². The van der Waals surface area contributed by atoms with Crippen molar-refractivity contribution in [2.75, 3.05) is 24.7 Å². The summed E-state index contributed by atoms with van der Waals surface area (Å²) >= 11 is 1.33. The van der Waals surface area contributed by atoms with Gasteiger partial charge in [0, 0.05) is 19.2 Å². The Bertz CT molecular complexity index is 226. The van der Waals surface area contributed by atoms with Crippen molar-refractivity contribution in [1.29, 1.82) is 5.26 Å². The molecule has 0 heterocycles. The predicted molar refractivity (Wildman–Crippen MR) is 61.5 cm³/mol. The fourth-order valence-electron chi connectivity index (χ4n) is 1.18. The fraction of sp³-hybridized carbons (Fsp3) is 0.800. The van der Waals surface area contributed by atoms with E-state index in [2.05, 4.69) is 0 Å². The van der Waals surface area contributed by atoms with Gasteiger partial charge in [0.25, 0.3) is 0 Å². The van der Waals surface area contributed by atoms with E-state index in [4.69, 9.17) is 10.4 Å². The second-order valence-electron chi connectivity index (χ2n) is 3.41. The highest BCUT2D eigenvalue weighted by molar-refractivity contribution is 8.00. The number of aliphatic hydroxyl groups excluding tert-OH is 1. The van der Waals surface area contributed by atoms with Gasteiger partial charge in [-0.3, -0.25) is 4.79 Å². The Morgan fingerprint density at radius 2 is 2.27 bits per heavy atom. The summed E-state index contributed by atoms with van der Waals surface area (Å²) in [7, 11) is 0. The average molecular weight is 230 g/mol. The second-order valence-corrected chi connectivity index (χ2v) is 4.39. The highest BCUT2D eigenvalue weighted by atomic mass is 32.2. The highest BCUT2D eigenvalue weighted by Gasteiger charge is 2.15. The number of rotatable bonds is 7. The fourth-order valence-corrected chi connectivity index (χ4v) is 1.71. The predicted octanol–water partition coefficient (Wildman–Crippen LogP) is 0.863. The summed E-state index contributed by atoms with van der Waals surface area (Å²) in [6, 6.07) is 2.13. The Hall–Kier alpha value is -0.730. The van der Waals surface area contributed by atoms with Gasteiger partial charge in [-0.15, -0.1) is 11.8 Å². The molecular formula is C10H18N2O2S. The van der Waals surface area contributed by atoms with Gasteiger partial charge in [-0.2, -0.15) is 5.26 Å². The normalized spacial score (nSPS) is 10.1. The average Bonchev–Trinajstić information content (AvgIpc) is 2.18. The number of carbonyl (C=O) groups is 1. The van der Waals surface area contributed by atoms with E-state index in [0.717, 1.165) is 0 Å². The number of amides is 1. The van der Waals surface area contributed by atoms with Crippen LogP contribution in [0.3, 0.4) is 0 Å². The first-order chi connectivity index (χ1) is 7.13. The zero-order chi connectivity index (χ0) is 11.7. The van der Waals surface area contributed by atoms with Gasteiger partial charge in [-0.25, -0.2) is 0 Å². The van der Waals surface area contributed by atoms with Gasteiger partial charge < -0.3 is 10.0 Å². The molecule has 0 bridgehead atoms. The van der Waals surface area contributed by atoms with Crippen molar-refractivity contribution in [2.45, 2.75) is 26.3 Å². The molecule has 0 saturated heterocycles. The number of nitrogens with zero attached hydrogens (tertiary/aromatic N) is 2. The molecular weight excluding hydrogens is 212 g/mol. The molecule has 5 heteroatoms. The van der Waals surface area contributed by atoms with Crippen molar-refractivity contribution in [3.05, 3.63) is 0 Å². The van der Waals surface area contributed by atoms with Crippen molar-refractivity contribution in [2.24, 2.45) is 0 Å². The molecule has 0 aliphatic carbocycles. The molecule has 15 heavy (non-hydrogen) atoms. The first kappa shape index (κ1) is 14.3. The first-order valence-electron chi connectivity index (χ1n) is 4.98. The molecule has 0 unspecified atom stereocenters. The molecule has 0 fully saturated rings. The zero-order valence-electron chi connectivity index (χ0n) is 9.27. The molecule has 4 nitrogen and oxygen atoms in total. The van der Waals surface area contributed by atoms with Crippen LogP contribution < -0.4 is 0 Å². The van der Waals surface area contributed by atoms with E-state index in [9.17, 15) is 4.79 Å². The van der Waals surface area contributed by atoms with Crippen molar-refractivity contribution < 1.29 is 9.90 Å². The maximum atomic E-state index is 11.7. The van der Waals surface area contributed by atoms with Crippen LogP contribution >= 0.6 is 11.8 Å². The van der Waals surface area contributed by atoms with Crippen molar-refractivity contribution in [3.8, 4) is 6.07 Å². The number of hydrogen-bond donors (Lipinski definition) is 1. The topological polar surface area (TPSA) is 64.3 Å². The molecule has 86 valence electrons. The summed E-state index contributed by atoms with van der Waals surface area (Å²) < 4.78 is 0. The molecule has 0 aromatic rings. The molecule has 0 aromatic heterocycles. The molecule has 0 radical (unpaired) electrons. The Kier molecular flexibility index (Phi) is 8.15. The van der Waals surface area contributed by atoms with E-state index in [1.54, 1.807) is 4.90 Å². The Morgan fingerprint density at radius 3 is 2.73 bits per heavy atom. The van der Waals surface area contributed by atoms with Gasteiger partial charge in [0.05, 0.1) is 17.6 Å². The monoisotopic (exact) mass is 230 g/mol. The molecule has 1 amide bonds. The van der Waals surface area contributed by atoms with Gasteiger partial charge in [0.2, 0.25) is 5.91 Å². The summed E-state index contributed by atoms with van der Waals surface area (Å²) in [5, 5.41) is 17.0. The van der Waals surface area contributed by atoms with E-state index < -0.39 is 0 Å². The Morgan fingerprint density at radius 1 is 1.60 bits per heavy atom. The lowest BCUT2D eigenvalue weighted by Gasteiger charge is -2.26. The number of carbonyl (C=O) groups excluding carboxylic acids is 1. The van der Waals surface area contributed by atoms with E-state index in [0.29, 0.717) is 24.5 Å². The summed E-state index contributed by atoms with van der Waals surface area (Å²) in [4.78, 5) is 13.4. The lowest BCUT2D eigenvalue weighted by atomic mass is 10.3. The number of thioether (sulfide) groups is 1. The van der Waals surface area contributed by atoms with Gasteiger partial charge in [0.1, 0.15) is 0 Å². The lowest BCUT2D eigenvalue weighted by molar-refractivity contribution is -0.130. The smallest absolute Gasteiger partial charge is 0.232 e. The molecule has 0 spiro atoms. The minimum Gasteiger partial charge on any atom is -0.396 e. The maximum Gasteiger partial charge on any atom is 0.232 e. The standard InChI is InChI=1S/C10H18N2O2S/c1-9(2)12(5-3-6-13)10(14)8-15-7-4-11/h9,13H,3,5-8H2,1-2H3. The highest BCUT2D eigenvalue weighted by Crippen LogP contribution is 2.06. The van der Waals surface area contributed by atoms with Crippen molar-refractivity contribution in [3.63, 3.8) is 0 Å². The number of nitriles is 1. The largest absolute Gasteiger partial charge is 0.396 e. The summed E-state index contributed by atoms with van der Waals surface area (Å²) in [6.45, 7) is 4.58. The minimum atomic E-state index is 0.0405. The Balaban J connectivity index is 4.00. The van der Waals surface area contributed by atoms with E-state index >= 15 is 0 Å². The summed E-state index contributed by atoms with van der Waals surface area (Å²) in [6.07, 6.45) is 0.604. The van der Waals surface area contributed by atoms with Crippen molar-refractivity contribution >= 4 is 17.7 Å².